The molecule has 1 aliphatic rings. The van der Waals surface area contributed by atoms with Crippen molar-refractivity contribution in [2.75, 3.05) is 25.2 Å². The topological polar surface area (TPSA) is 53.0 Å². The molecule has 0 spiro atoms. The van der Waals surface area contributed by atoms with Crippen LogP contribution >= 0.6 is 15.9 Å². The van der Waals surface area contributed by atoms with Crippen LogP contribution in [0, 0.1) is 0 Å². The molecule has 0 aromatic heterocycles. The first-order valence-corrected chi connectivity index (χ1v) is 8.49. The van der Waals surface area contributed by atoms with Gasteiger partial charge >= 0.3 is 6.03 Å². The third-order valence-corrected chi connectivity index (χ3v) is 4.68. The number of hydrogen-bond acceptors (Lipinski definition) is 3. The molecule has 1 unspecified atom stereocenters. The number of carbonyl (C=O) groups is 1. The van der Waals surface area contributed by atoms with Gasteiger partial charge in [0.1, 0.15) is 5.75 Å². The van der Waals surface area contributed by atoms with Gasteiger partial charge in [0.25, 0.3) is 0 Å². The Hall–Kier alpha value is -2.05. The summed E-state index contributed by atoms with van der Waals surface area (Å²) in [4.78, 5) is 16.2. The zero-order chi connectivity index (χ0) is 17.1. The van der Waals surface area contributed by atoms with Crippen molar-refractivity contribution >= 4 is 27.6 Å². The van der Waals surface area contributed by atoms with Gasteiger partial charge in [0.15, 0.2) is 0 Å². The summed E-state index contributed by atoms with van der Waals surface area (Å²) >= 11 is 3.40. The molecule has 126 valence electrons. The molecular weight excluding hydrogens is 372 g/mol. The first kappa shape index (κ1) is 16.8. The number of aliphatic hydroxyl groups excluding tert-OH is 1. The van der Waals surface area contributed by atoms with Crippen molar-refractivity contribution in [2.45, 2.75) is 12.6 Å². The smallest absolute Gasteiger partial charge is 0.325 e. The zero-order valence-corrected chi connectivity index (χ0v) is 14.9. The lowest BCUT2D eigenvalue weighted by atomic mass is 10.2. The molecule has 1 saturated heterocycles. The molecule has 1 N–H and O–H groups in total. The highest BCUT2D eigenvalue weighted by Crippen LogP contribution is 2.27. The molecular formula is C18H19BrN2O3. The Morgan fingerprint density at radius 1 is 1.25 bits per heavy atom. The first-order chi connectivity index (χ1) is 11.6. The van der Waals surface area contributed by atoms with Gasteiger partial charge in [0.05, 0.1) is 26.3 Å². The number of amides is 2. The molecule has 24 heavy (non-hydrogen) atoms. The van der Waals surface area contributed by atoms with E-state index in [-0.39, 0.29) is 18.7 Å². The fourth-order valence-corrected chi connectivity index (χ4v) is 3.12. The third kappa shape index (κ3) is 3.39. The summed E-state index contributed by atoms with van der Waals surface area (Å²) in [7, 11) is 1.62. The Balaban J connectivity index is 1.81. The fourth-order valence-electron chi connectivity index (χ4n) is 2.86. The number of rotatable bonds is 5. The molecule has 5 nitrogen and oxygen atoms in total. The van der Waals surface area contributed by atoms with Crippen LogP contribution in [0.3, 0.4) is 0 Å². The van der Waals surface area contributed by atoms with E-state index in [0.717, 1.165) is 21.5 Å². The Morgan fingerprint density at radius 3 is 2.67 bits per heavy atom. The van der Waals surface area contributed by atoms with Crippen LogP contribution in [0.2, 0.25) is 0 Å². The Labute approximate surface area is 149 Å². The number of urea groups is 1. The number of benzene rings is 2. The summed E-state index contributed by atoms with van der Waals surface area (Å²) < 4.78 is 6.20. The number of carbonyl (C=O) groups excluding carboxylic acids is 1. The lowest BCUT2D eigenvalue weighted by Crippen LogP contribution is -2.36. The molecule has 1 atom stereocenters. The number of ether oxygens (including phenoxy) is 1. The Kier molecular flexibility index (Phi) is 5.06. The number of aliphatic hydroxyl groups is 1. The third-order valence-electron chi connectivity index (χ3n) is 4.15. The number of methoxy groups -OCH3 is 1. The van der Waals surface area contributed by atoms with Crippen LogP contribution in [0.25, 0.3) is 0 Å². The van der Waals surface area contributed by atoms with E-state index >= 15 is 0 Å². The van der Waals surface area contributed by atoms with Crippen LogP contribution in [-0.4, -0.2) is 42.3 Å². The molecule has 2 aromatic rings. The van der Waals surface area contributed by atoms with Gasteiger partial charge in [-0.1, -0.05) is 28.1 Å². The Morgan fingerprint density at radius 2 is 2.00 bits per heavy atom. The van der Waals surface area contributed by atoms with Crippen LogP contribution < -0.4 is 9.64 Å². The van der Waals surface area contributed by atoms with Crippen LogP contribution in [0.1, 0.15) is 5.56 Å². The van der Waals surface area contributed by atoms with E-state index in [1.54, 1.807) is 16.9 Å². The van der Waals surface area contributed by atoms with E-state index in [2.05, 4.69) is 15.9 Å². The normalized spacial score (nSPS) is 17.5. The standard InChI is InChI=1S/C18H19BrN2O3/c1-24-17-4-2-3-13(9-17)10-20-16(12-22)11-21(18(20)23)15-7-5-14(19)6-8-15/h2-9,16,22H,10-12H2,1H3. The molecule has 2 amide bonds. The van der Waals surface area contributed by atoms with Crippen molar-refractivity contribution in [3.8, 4) is 5.75 Å². The lowest BCUT2D eigenvalue weighted by Gasteiger charge is -2.22. The highest BCUT2D eigenvalue weighted by atomic mass is 79.9. The van der Waals surface area contributed by atoms with Crippen molar-refractivity contribution in [2.24, 2.45) is 0 Å². The molecule has 0 radical (unpaired) electrons. The number of nitrogens with zero attached hydrogens (tertiary/aromatic N) is 2. The summed E-state index contributed by atoms with van der Waals surface area (Å²) in [6.07, 6.45) is 0. The predicted octanol–water partition coefficient (Wildman–Crippen LogP) is 3.26. The summed E-state index contributed by atoms with van der Waals surface area (Å²) in [5.41, 5.74) is 1.80. The number of halogens is 1. The largest absolute Gasteiger partial charge is 0.497 e. The van der Waals surface area contributed by atoms with Gasteiger partial charge in [-0.25, -0.2) is 4.79 Å². The van der Waals surface area contributed by atoms with E-state index in [9.17, 15) is 9.90 Å². The van der Waals surface area contributed by atoms with Crippen LogP contribution in [0.4, 0.5) is 10.5 Å². The van der Waals surface area contributed by atoms with Gasteiger partial charge < -0.3 is 14.7 Å². The number of hydrogen-bond donors (Lipinski definition) is 1. The van der Waals surface area contributed by atoms with Gasteiger partial charge in [-0.2, -0.15) is 0 Å². The van der Waals surface area contributed by atoms with Crippen molar-refractivity contribution in [1.29, 1.82) is 0 Å². The second-order valence-electron chi connectivity index (χ2n) is 5.69. The van der Waals surface area contributed by atoms with Crippen molar-refractivity contribution < 1.29 is 14.6 Å². The van der Waals surface area contributed by atoms with Crippen molar-refractivity contribution in [3.05, 3.63) is 58.6 Å². The van der Waals surface area contributed by atoms with Gasteiger partial charge in [0.2, 0.25) is 0 Å². The Bertz CT molecular complexity index is 720. The van der Waals surface area contributed by atoms with Crippen LogP contribution in [-0.2, 0) is 6.54 Å². The molecule has 0 aliphatic carbocycles. The quantitative estimate of drug-likeness (QED) is 0.852. The maximum Gasteiger partial charge on any atom is 0.325 e. The molecule has 3 rings (SSSR count). The van der Waals surface area contributed by atoms with E-state index in [4.69, 9.17) is 4.74 Å². The maximum atomic E-state index is 12.8. The number of anilines is 1. The van der Waals surface area contributed by atoms with Crippen molar-refractivity contribution in [3.63, 3.8) is 0 Å². The van der Waals surface area contributed by atoms with Gasteiger partial charge in [-0.3, -0.25) is 4.90 Å². The zero-order valence-electron chi connectivity index (χ0n) is 13.4. The predicted molar refractivity (Wildman–Crippen MR) is 96.3 cm³/mol. The van der Waals surface area contributed by atoms with E-state index in [1.807, 2.05) is 48.5 Å². The first-order valence-electron chi connectivity index (χ1n) is 7.70. The van der Waals surface area contributed by atoms with E-state index in [1.165, 1.54) is 0 Å². The average molecular weight is 391 g/mol. The monoisotopic (exact) mass is 390 g/mol. The molecule has 1 fully saturated rings. The molecule has 6 heteroatoms. The molecule has 1 heterocycles. The summed E-state index contributed by atoms with van der Waals surface area (Å²) in [6.45, 7) is 0.845. The molecule has 0 bridgehead atoms. The maximum absolute atomic E-state index is 12.8. The average Bonchev–Trinajstić information content (AvgIpc) is 2.92. The second kappa shape index (κ2) is 7.23. The summed E-state index contributed by atoms with van der Waals surface area (Å²) in [5, 5.41) is 9.69. The lowest BCUT2D eigenvalue weighted by molar-refractivity contribution is 0.161. The minimum atomic E-state index is -0.229. The highest BCUT2D eigenvalue weighted by molar-refractivity contribution is 9.10. The molecule has 0 saturated carbocycles. The van der Waals surface area contributed by atoms with Gasteiger partial charge in [-0.05, 0) is 42.0 Å². The summed E-state index contributed by atoms with van der Waals surface area (Å²) in [6, 6.07) is 14.9. The minimum Gasteiger partial charge on any atom is -0.497 e. The molecule has 1 aliphatic heterocycles. The minimum absolute atomic E-state index is 0.0667. The van der Waals surface area contributed by atoms with Crippen molar-refractivity contribution in [1.82, 2.24) is 4.90 Å². The second-order valence-corrected chi connectivity index (χ2v) is 6.60. The molecule has 2 aromatic carbocycles. The van der Waals surface area contributed by atoms with Crippen LogP contribution in [0.15, 0.2) is 53.0 Å². The summed E-state index contributed by atoms with van der Waals surface area (Å²) in [5.74, 6) is 0.754. The van der Waals surface area contributed by atoms with Gasteiger partial charge in [0, 0.05) is 16.7 Å². The van der Waals surface area contributed by atoms with E-state index < -0.39 is 0 Å². The SMILES string of the molecule is COc1cccc(CN2C(=O)N(c3ccc(Br)cc3)CC2CO)c1. The highest BCUT2D eigenvalue weighted by Gasteiger charge is 2.37. The van der Waals surface area contributed by atoms with E-state index in [0.29, 0.717) is 13.1 Å². The van der Waals surface area contributed by atoms with Gasteiger partial charge in [-0.15, -0.1) is 0 Å². The van der Waals surface area contributed by atoms with Crippen LogP contribution in [0.5, 0.6) is 5.75 Å². The fraction of sp³-hybridized carbons (Fsp3) is 0.278.